The van der Waals surface area contributed by atoms with Crippen LogP contribution in [0.25, 0.3) is 4.85 Å². The summed E-state index contributed by atoms with van der Waals surface area (Å²) in [6.07, 6.45) is 4.20. The minimum Gasteiger partial charge on any atom is -0.489 e. The van der Waals surface area contributed by atoms with Crippen LogP contribution in [0.4, 0.5) is 5.69 Å². The molecule has 0 atom stereocenters. The van der Waals surface area contributed by atoms with E-state index in [1.807, 2.05) is 0 Å². The first-order valence-corrected chi connectivity index (χ1v) is 10.6. The lowest BCUT2D eigenvalue weighted by molar-refractivity contribution is -0.175. The summed E-state index contributed by atoms with van der Waals surface area (Å²) in [7, 11) is 0. The van der Waals surface area contributed by atoms with Crippen LogP contribution in [0.1, 0.15) is 60.3 Å². The zero-order valence-corrected chi connectivity index (χ0v) is 18.3. The Balaban J connectivity index is 1.69. The van der Waals surface area contributed by atoms with Gasteiger partial charge in [0.1, 0.15) is 11.9 Å². The van der Waals surface area contributed by atoms with Gasteiger partial charge in [-0.3, -0.25) is 4.79 Å². The van der Waals surface area contributed by atoms with Gasteiger partial charge < -0.3 is 10.1 Å². The van der Waals surface area contributed by atoms with Gasteiger partial charge in [-0.15, -0.1) is 0 Å². The zero-order chi connectivity index (χ0) is 20.7. The summed E-state index contributed by atoms with van der Waals surface area (Å²) in [6, 6.07) is 5.23. The van der Waals surface area contributed by atoms with Gasteiger partial charge in [-0.1, -0.05) is 52.3 Å². The molecule has 0 bridgehead atoms. The number of hydrogen-bond acceptors (Lipinski definition) is 2. The standard InChI is InChI=1S/C23H31ClN2O2/c1-14-7-9-15(10-8-14)19(27)26-20-22(2,3)21(23(20,4)5)28-16-11-12-18(25-6)17(24)13-16/h11-15,20-21H,7-10H2,1-5H3,(H,26,27). The summed E-state index contributed by atoms with van der Waals surface area (Å²) in [6.45, 7) is 18.0. The number of carbonyl (C=O) groups is 1. The molecular formula is C23H31ClN2O2. The molecule has 0 saturated heterocycles. The van der Waals surface area contributed by atoms with E-state index in [1.54, 1.807) is 18.2 Å². The van der Waals surface area contributed by atoms with Crippen molar-refractivity contribution in [1.82, 2.24) is 5.32 Å². The van der Waals surface area contributed by atoms with Gasteiger partial charge in [0.15, 0.2) is 0 Å². The van der Waals surface area contributed by atoms with Crippen molar-refractivity contribution in [2.45, 2.75) is 72.4 Å². The minimum atomic E-state index is -0.202. The highest BCUT2D eigenvalue weighted by Crippen LogP contribution is 2.55. The van der Waals surface area contributed by atoms with Crippen LogP contribution in [0.2, 0.25) is 5.02 Å². The van der Waals surface area contributed by atoms with E-state index in [9.17, 15) is 4.79 Å². The predicted octanol–water partition coefficient (Wildman–Crippen LogP) is 6.02. The van der Waals surface area contributed by atoms with E-state index in [2.05, 4.69) is 44.8 Å². The fraction of sp³-hybridized carbons (Fsp3) is 0.652. The van der Waals surface area contributed by atoms with Crippen molar-refractivity contribution in [2.24, 2.45) is 22.7 Å². The molecule has 0 heterocycles. The van der Waals surface area contributed by atoms with E-state index >= 15 is 0 Å². The van der Waals surface area contributed by atoms with Crippen molar-refractivity contribution in [1.29, 1.82) is 0 Å². The molecule has 0 radical (unpaired) electrons. The number of rotatable bonds is 4. The van der Waals surface area contributed by atoms with Gasteiger partial charge in [-0.25, -0.2) is 4.85 Å². The molecule has 1 aromatic carbocycles. The van der Waals surface area contributed by atoms with Crippen LogP contribution in [0.3, 0.4) is 0 Å². The van der Waals surface area contributed by atoms with E-state index in [-0.39, 0.29) is 34.8 Å². The van der Waals surface area contributed by atoms with E-state index in [0.717, 1.165) is 31.6 Å². The Morgan fingerprint density at radius 1 is 1.18 bits per heavy atom. The Labute approximate surface area is 173 Å². The second kappa shape index (κ2) is 7.59. The molecule has 4 nitrogen and oxygen atoms in total. The van der Waals surface area contributed by atoms with E-state index < -0.39 is 0 Å². The predicted molar refractivity (Wildman–Crippen MR) is 113 cm³/mol. The van der Waals surface area contributed by atoms with Crippen molar-refractivity contribution in [3.05, 3.63) is 34.6 Å². The Bertz CT molecular complexity index is 772. The van der Waals surface area contributed by atoms with Crippen LogP contribution in [-0.4, -0.2) is 18.1 Å². The molecule has 2 saturated carbocycles. The van der Waals surface area contributed by atoms with Gasteiger partial charge >= 0.3 is 0 Å². The topological polar surface area (TPSA) is 42.7 Å². The molecule has 0 aromatic heterocycles. The largest absolute Gasteiger partial charge is 0.489 e. The highest BCUT2D eigenvalue weighted by atomic mass is 35.5. The number of halogens is 1. The summed E-state index contributed by atoms with van der Waals surface area (Å²) in [5, 5.41) is 3.74. The van der Waals surface area contributed by atoms with Crippen molar-refractivity contribution in [2.75, 3.05) is 0 Å². The van der Waals surface area contributed by atoms with E-state index in [1.165, 1.54) is 0 Å². The number of nitrogens with zero attached hydrogens (tertiary/aromatic N) is 1. The molecule has 1 N–H and O–H groups in total. The molecule has 2 aliphatic carbocycles. The van der Waals surface area contributed by atoms with Crippen molar-refractivity contribution >= 4 is 23.2 Å². The average molecular weight is 403 g/mol. The first-order chi connectivity index (χ1) is 13.1. The zero-order valence-electron chi connectivity index (χ0n) is 17.5. The molecule has 152 valence electrons. The van der Waals surface area contributed by atoms with Crippen LogP contribution in [-0.2, 0) is 4.79 Å². The summed E-state index contributed by atoms with van der Waals surface area (Å²) in [5.74, 6) is 1.73. The first-order valence-electron chi connectivity index (χ1n) is 10.2. The van der Waals surface area contributed by atoms with Gasteiger partial charge in [0.25, 0.3) is 0 Å². The van der Waals surface area contributed by atoms with Crippen LogP contribution in [0.15, 0.2) is 18.2 Å². The number of amides is 1. The van der Waals surface area contributed by atoms with Gasteiger partial charge in [-0.2, -0.15) is 0 Å². The third-order valence-corrected chi connectivity index (χ3v) is 7.11. The molecule has 5 heteroatoms. The summed E-state index contributed by atoms with van der Waals surface area (Å²) < 4.78 is 6.29. The normalized spacial score (nSPS) is 30.6. The summed E-state index contributed by atoms with van der Waals surface area (Å²) >= 11 is 6.16. The lowest BCUT2D eigenvalue weighted by Crippen LogP contribution is -2.75. The highest BCUT2D eigenvalue weighted by Gasteiger charge is 2.64. The molecule has 2 fully saturated rings. The van der Waals surface area contributed by atoms with Gasteiger partial charge in [0.2, 0.25) is 11.6 Å². The molecule has 3 rings (SSSR count). The van der Waals surface area contributed by atoms with Crippen LogP contribution in [0.5, 0.6) is 5.75 Å². The Morgan fingerprint density at radius 2 is 1.79 bits per heavy atom. The monoisotopic (exact) mass is 402 g/mol. The minimum absolute atomic E-state index is 0.0508. The van der Waals surface area contributed by atoms with Crippen molar-refractivity contribution < 1.29 is 9.53 Å². The van der Waals surface area contributed by atoms with Crippen LogP contribution >= 0.6 is 11.6 Å². The lowest BCUT2D eigenvalue weighted by Gasteiger charge is -2.63. The molecule has 0 spiro atoms. The highest BCUT2D eigenvalue weighted by molar-refractivity contribution is 6.33. The molecule has 1 aromatic rings. The number of carbonyl (C=O) groups excluding carboxylic acids is 1. The Morgan fingerprint density at radius 3 is 2.32 bits per heavy atom. The van der Waals surface area contributed by atoms with Gasteiger partial charge in [0.05, 0.1) is 11.6 Å². The second-order valence-corrected chi connectivity index (χ2v) is 10.2. The quantitative estimate of drug-likeness (QED) is 0.626. The Kier molecular flexibility index (Phi) is 5.69. The van der Waals surface area contributed by atoms with E-state index in [4.69, 9.17) is 22.9 Å². The Hall–Kier alpha value is -1.73. The fourth-order valence-electron chi connectivity index (χ4n) is 5.37. The molecule has 28 heavy (non-hydrogen) atoms. The summed E-state index contributed by atoms with van der Waals surface area (Å²) in [4.78, 5) is 16.3. The third-order valence-electron chi connectivity index (χ3n) is 6.81. The molecule has 2 aliphatic rings. The number of benzene rings is 1. The van der Waals surface area contributed by atoms with Crippen LogP contribution in [0, 0.1) is 29.2 Å². The molecule has 0 aliphatic heterocycles. The maximum atomic E-state index is 12.9. The second-order valence-electron chi connectivity index (χ2n) is 9.76. The van der Waals surface area contributed by atoms with E-state index in [0.29, 0.717) is 16.5 Å². The molecule has 1 amide bonds. The maximum absolute atomic E-state index is 12.9. The number of nitrogens with one attached hydrogen (secondary N) is 1. The number of hydrogen-bond donors (Lipinski definition) is 1. The first kappa shape index (κ1) is 21.0. The fourth-order valence-corrected chi connectivity index (χ4v) is 5.58. The SMILES string of the molecule is [C-]#[N+]c1ccc(OC2C(C)(C)C(NC(=O)C3CCC(C)CC3)C2(C)C)cc1Cl. The van der Waals surface area contributed by atoms with Crippen molar-refractivity contribution in [3.63, 3.8) is 0 Å². The molecule has 0 unspecified atom stereocenters. The van der Waals surface area contributed by atoms with Gasteiger partial charge in [0, 0.05) is 22.8 Å². The molecular weight excluding hydrogens is 372 g/mol. The maximum Gasteiger partial charge on any atom is 0.223 e. The lowest BCUT2D eigenvalue weighted by atomic mass is 9.49. The number of ether oxygens (including phenoxy) is 1. The van der Waals surface area contributed by atoms with Crippen LogP contribution < -0.4 is 10.1 Å². The summed E-state index contributed by atoms with van der Waals surface area (Å²) in [5.41, 5.74) is 0.0195. The smallest absolute Gasteiger partial charge is 0.223 e. The van der Waals surface area contributed by atoms with Crippen molar-refractivity contribution in [3.8, 4) is 5.75 Å². The average Bonchev–Trinajstić information content (AvgIpc) is 2.64. The third kappa shape index (κ3) is 3.74. The van der Waals surface area contributed by atoms with Gasteiger partial charge in [-0.05, 0) is 43.7 Å².